The molecule has 2 aromatic heterocycles. The molecule has 2 heterocycles. The van der Waals surface area contributed by atoms with E-state index in [1.54, 1.807) is 11.6 Å². The van der Waals surface area contributed by atoms with E-state index in [-0.39, 0.29) is 11.5 Å². The van der Waals surface area contributed by atoms with Crippen molar-refractivity contribution >= 4 is 40.4 Å². The van der Waals surface area contributed by atoms with E-state index in [1.807, 2.05) is 73.8 Å². The largest absolute Gasteiger partial charge is 0.351 e. The molecule has 0 unspecified atom stereocenters. The molecule has 0 atom stereocenters. The van der Waals surface area contributed by atoms with E-state index in [1.165, 1.54) is 21.8 Å². The van der Waals surface area contributed by atoms with E-state index >= 15 is 0 Å². The molecule has 0 spiro atoms. The molecule has 5 rings (SSSR count). The minimum absolute atomic E-state index is 0.0973. The number of carbonyl (C=O) groups is 1. The molecule has 170 valence electrons. The van der Waals surface area contributed by atoms with Crippen LogP contribution in [0.1, 0.15) is 32.1 Å². The molecule has 0 fully saturated rings. The van der Waals surface area contributed by atoms with Crippen molar-refractivity contribution in [2.45, 2.75) is 19.8 Å². The Morgan fingerprint density at radius 2 is 1.85 bits per heavy atom. The van der Waals surface area contributed by atoms with Crippen molar-refractivity contribution in [1.82, 2.24) is 4.57 Å². The number of benzene rings is 2. The maximum atomic E-state index is 13.0. The van der Waals surface area contributed by atoms with Gasteiger partial charge in [0, 0.05) is 35.1 Å². The topological polar surface area (TPSA) is 63.1 Å². The first kappa shape index (κ1) is 21.9. The molecular weight excluding hydrogens is 442 g/mol. The summed E-state index contributed by atoms with van der Waals surface area (Å²) in [5.74, 6) is -0.0973. The number of hydrogen-bond donors (Lipinski definition) is 2. The van der Waals surface area contributed by atoms with Crippen LogP contribution in [-0.2, 0) is 13.5 Å². The number of nitrogens with zero attached hydrogens (tertiary/aromatic N) is 1. The van der Waals surface area contributed by atoms with Crippen molar-refractivity contribution in [3.63, 3.8) is 0 Å². The molecule has 6 heteroatoms. The fourth-order valence-corrected chi connectivity index (χ4v) is 5.25. The maximum absolute atomic E-state index is 13.0. The lowest BCUT2D eigenvalue weighted by atomic mass is 10.00. The summed E-state index contributed by atoms with van der Waals surface area (Å²) in [4.78, 5) is 27.6. The Hall–Kier alpha value is -3.90. The molecule has 1 aliphatic carbocycles. The zero-order chi connectivity index (χ0) is 23.7. The van der Waals surface area contributed by atoms with Crippen LogP contribution in [0.3, 0.4) is 0 Å². The highest BCUT2D eigenvalue weighted by Gasteiger charge is 2.17. The number of rotatable bonds is 5. The number of fused-ring (bicyclic) bond motifs is 1. The fourth-order valence-electron chi connectivity index (χ4n) is 4.21. The van der Waals surface area contributed by atoms with Gasteiger partial charge in [0.25, 0.3) is 11.5 Å². The number of amides is 1. The predicted molar refractivity (Wildman–Crippen MR) is 141 cm³/mol. The molecule has 0 saturated carbocycles. The number of thiophene rings is 1. The van der Waals surface area contributed by atoms with Crippen LogP contribution in [0, 0.1) is 6.92 Å². The molecule has 0 bridgehead atoms. The summed E-state index contributed by atoms with van der Waals surface area (Å²) in [6.45, 7) is 1.99. The Bertz CT molecular complexity index is 1470. The number of aryl methyl sites for hydroxylation is 2. The van der Waals surface area contributed by atoms with Crippen molar-refractivity contribution in [1.29, 1.82) is 0 Å². The number of pyridine rings is 1. The molecule has 0 saturated heterocycles. The van der Waals surface area contributed by atoms with Crippen molar-refractivity contribution < 1.29 is 4.79 Å². The highest BCUT2D eigenvalue weighted by Crippen LogP contribution is 2.32. The van der Waals surface area contributed by atoms with Gasteiger partial charge < -0.3 is 15.2 Å². The Labute approximate surface area is 202 Å². The lowest BCUT2D eigenvalue weighted by Crippen LogP contribution is -2.19. The third-order valence-corrected chi connectivity index (χ3v) is 7.19. The van der Waals surface area contributed by atoms with Gasteiger partial charge in [0.2, 0.25) is 0 Å². The molecule has 5 nitrogen and oxygen atoms in total. The number of para-hydroxylation sites is 1. The van der Waals surface area contributed by atoms with Gasteiger partial charge in [-0.05, 0) is 72.9 Å². The van der Waals surface area contributed by atoms with Gasteiger partial charge in [-0.1, -0.05) is 36.4 Å². The second kappa shape index (κ2) is 9.15. The van der Waals surface area contributed by atoms with E-state index in [0.29, 0.717) is 5.69 Å². The standard InChI is InChI=1S/C28H25N3O2S/c1-18-22(20-15-24(28(33)31(2)17-20)29-21-10-4-3-5-11-21)12-8-13-23(18)30-27(32)26-16-19-9-6-7-14-25(19)34-26/h3-5,7-8,10-17,29H,6,9H2,1-2H3,(H,30,32). The van der Waals surface area contributed by atoms with Crippen LogP contribution >= 0.6 is 11.3 Å². The third kappa shape index (κ3) is 4.32. The first-order chi connectivity index (χ1) is 16.5. The van der Waals surface area contributed by atoms with Gasteiger partial charge in [-0.2, -0.15) is 0 Å². The number of aromatic nitrogens is 1. The summed E-state index contributed by atoms with van der Waals surface area (Å²) in [6.07, 6.45) is 8.09. The van der Waals surface area contributed by atoms with Gasteiger partial charge in [-0.3, -0.25) is 9.59 Å². The van der Waals surface area contributed by atoms with E-state index in [9.17, 15) is 9.59 Å². The van der Waals surface area contributed by atoms with Crippen LogP contribution in [0.5, 0.6) is 0 Å². The van der Waals surface area contributed by atoms with Crippen molar-refractivity contribution in [3.05, 3.63) is 104 Å². The summed E-state index contributed by atoms with van der Waals surface area (Å²) in [5, 5.41) is 6.32. The van der Waals surface area contributed by atoms with Crippen LogP contribution in [0.15, 0.2) is 77.7 Å². The number of allylic oxidation sites excluding steroid dienone is 1. The van der Waals surface area contributed by atoms with Gasteiger partial charge in [0.05, 0.1) is 4.88 Å². The van der Waals surface area contributed by atoms with Gasteiger partial charge >= 0.3 is 0 Å². The SMILES string of the molecule is Cc1c(NC(=O)c2cc3c(s2)C=CCC3)cccc1-c1cc(Nc2ccccc2)c(=O)n(C)c1. The van der Waals surface area contributed by atoms with E-state index in [4.69, 9.17) is 0 Å². The monoisotopic (exact) mass is 467 g/mol. The molecule has 2 N–H and O–H groups in total. The summed E-state index contributed by atoms with van der Waals surface area (Å²) in [6, 6.07) is 19.3. The lowest BCUT2D eigenvalue weighted by Gasteiger charge is -2.15. The second-order valence-corrected chi connectivity index (χ2v) is 9.51. The van der Waals surface area contributed by atoms with Gasteiger partial charge in [0.1, 0.15) is 5.69 Å². The molecular formula is C28H25N3O2S. The molecule has 2 aromatic carbocycles. The normalized spacial score (nSPS) is 12.3. The Morgan fingerprint density at radius 3 is 2.65 bits per heavy atom. The average molecular weight is 468 g/mol. The molecule has 0 radical (unpaired) electrons. The third-order valence-electron chi connectivity index (χ3n) is 6.04. The Morgan fingerprint density at radius 1 is 1.03 bits per heavy atom. The van der Waals surface area contributed by atoms with Gasteiger partial charge in [-0.15, -0.1) is 11.3 Å². The molecule has 4 aromatic rings. The maximum Gasteiger partial charge on any atom is 0.274 e. The minimum atomic E-state index is -0.106. The average Bonchev–Trinajstić information content (AvgIpc) is 3.28. The lowest BCUT2D eigenvalue weighted by molar-refractivity contribution is 0.103. The summed E-state index contributed by atoms with van der Waals surface area (Å²) >= 11 is 1.53. The van der Waals surface area contributed by atoms with Crippen LogP contribution in [0.4, 0.5) is 17.1 Å². The number of nitrogens with one attached hydrogen (secondary N) is 2. The van der Waals surface area contributed by atoms with Crippen molar-refractivity contribution in [2.24, 2.45) is 7.05 Å². The minimum Gasteiger partial charge on any atom is -0.351 e. The Balaban J connectivity index is 1.45. The zero-order valence-electron chi connectivity index (χ0n) is 19.1. The molecule has 34 heavy (non-hydrogen) atoms. The molecule has 1 amide bonds. The predicted octanol–water partition coefficient (Wildman–Crippen LogP) is 6.38. The van der Waals surface area contributed by atoms with Crippen LogP contribution < -0.4 is 16.2 Å². The van der Waals surface area contributed by atoms with E-state index < -0.39 is 0 Å². The quantitative estimate of drug-likeness (QED) is 0.358. The summed E-state index contributed by atoms with van der Waals surface area (Å²) in [7, 11) is 1.75. The first-order valence-electron chi connectivity index (χ1n) is 11.2. The Kier molecular flexibility index (Phi) is 5.90. The first-order valence-corrected chi connectivity index (χ1v) is 12.0. The van der Waals surface area contributed by atoms with Crippen LogP contribution in [-0.4, -0.2) is 10.5 Å². The van der Waals surface area contributed by atoms with Gasteiger partial charge in [-0.25, -0.2) is 0 Å². The smallest absolute Gasteiger partial charge is 0.274 e. The van der Waals surface area contributed by atoms with Crippen LogP contribution in [0.25, 0.3) is 17.2 Å². The van der Waals surface area contributed by atoms with Crippen LogP contribution in [0.2, 0.25) is 0 Å². The molecule has 0 aliphatic heterocycles. The van der Waals surface area contributed by atoms with Crippen molar-refractivity contribution in [2.75, 3.05) is 10.6 Å². The highest BCUT2D eigenvalue weighted by molar-refractivity contribution is 7.15. The van der Waals surface area contributed by atoms with Gasteiger partial charge in [0.15, 0.2) is 0 Å². The summed E-state index contributed by atoms with van der Waals surface area (Å²) < 4.78 is 1.58. The molecule has 1 aliphatic rings. The number of carbonyl (C=O) groups excluding carboxylic acids is 1. The number of anilines is 3. The number of hydrogen-bond acceptors (Lipinski definition) is 4. The van der Waals surface area contributed by atoms with Crippen molar-refractivity contribution in [3.8, 4) is 11.1 Å². The summed E-state index contributed by atoms with van der Waals surface area (Å²) in [5.41, 5.74) is 6.04. The zero-order valence-corrected chi connectivity index (χ0v) is 19.9. The van der Waals surface area contributed by atoms with E-state index in [2.05, 4.69) is 22.8 Å². The second-order valence-electron chi connectivity index (χ2n) is 8.42. The van der Waals surface area contributed by atoms with E-state index in [0.717, 1.165) is 45.8 Å². The fraction of sp³-hybridized carbons (Fsp3) is 0.143. The highest BCUT2D eigenvalue weighted by atomic mass is 32.1.